The number of methoxy groups -OCH3 is 1. The van der Waals surface area contributed by atoms with Crippen LogP contribution in [0.4, 0.5) is 0 Å². The molecule has 0 saturated carbocycles. The van der Waals surface area contributed by atoms with E-state index in [2.05, 4.69) is 40.6 Å². The predicted octanol–water partition coefficient (Wildman–Crippen LogP) is 4.36. The van der Waals surface area contributed by atoms with E-state index in [1.165, 1.54) is 0 Å². The van der Waals surface area contributed by atoms with Crippen LogP contribution in [0.1, 0.15) is 35.2 Å². The Bertz CT molecular complexity index is 971. The summed E-state index contributed by atoms with van der Waals surface area (Å²) in [5, 5.41) is 3.28. The Hall–Kier alpha value is -3.47. The molecule has 148 valence electrons. The quantitative estimate of drug-likeness (QED) is 0.659. The molecule has 5 nitrogen and oxygen atoms in total. The fourth-order valence-electron chi connectivity index (χ4n) is 3.62. The van der Waals surface area contributed by atoms with Gasteiger partial charge in [0.2, 0.25) is 0 Å². The molecule has 0 saturated heterocycles. The molecule has 2 atom stereocenters. The summed E-state index contributed by atoms with van der Waals surface area (Å²) in [5.74, 6) is 2.13. The smallest absolute Gasteiger partial charge is 0.189 e. The molecule has 3 aromatic carbocycles. The van der Waals surface area contributed by atoms with Gasteiger partial charge >= 0.3 is 0 Å². The van der Waals surface area contributed by atoms with Crippen molar-refractivity contribution in [1.82, 2.24) is 5.32 Å². The van der Waals surface area contributed by atoms with Gasteiger partial charge < -0.3 is 20.5 Å². The summed E-state index contributed by atoms with van der Waals surface area (Å²) < 4.78 is 11.4. The van der Waals surface area contributed by atoms with Crippen molar-refractivity contribution in [2.75, 3.05) is 7.11 Å². The zero-order chi connectivity index (χ0) is 20.1. The van der Waals surface area contributed by atoms with Crippen molar-refractivity contribution in [2.45, 2.75) is 25.1 Å². The third-order valence-electron chi connectivity index (χ3n) is 5.10. The first-order valence-corrected chi connectivity index (χ1v) is 9.72. The Labute approximate surface area is 171 Å². The molecule has 0 radical (unpaired) electrons. The van der Waals surface area contributed by atoms with E-state index in [9.17, 15) is 0 Å². The number of nitrogens with two attached hydrogens (primary N) is 1. The van der Waals surface area contributed by atoms with Crippen LogP contribution in [0.25, 0.3) is 0 Å². The highest BCUT2D eigenvalue weighted by Crippen LogP contribution is 2.36. The second kappa shape index (κ2) is 8.69. The van der Waals surface area contributed by atoms with Gasteiger partial charge in [0.15, 0.2) is 5.96 Å². The largest absolute Gasteiger partial charge is 0.496 e. The lowest BCUT2D eigenvalue weighted by Crippen LogP contribution is -2.39. The van der Waals surface area contributed by atoms with Crippen molar-refractivity contribution in [3.8, 4) is 11.5 Å². The third kappa shape index (κ3) is 4.51. The molecule has 0 aromatic heterocycles. The van der Waals surface area contributed by atoms with Gasteiger partial charge in [-0.2, -0.15) is 0 Å². The highest BCUT2D eigenvalue weighted by molar-refractivity contribution is 5.79. The summed E-state index contributed by atoms with van der Waals surface area (Å²) in [6.45, 7) is 0.550. The van der Waals surface area contributed by atoms with Crippen molar-refractivity contribution >= 4 is 5.96 Å². The van der Waals surface area contributed by atoms with Gasteiger partial charge in [-0.3, -0.25) is 0 Å². The average molecular weight is 387 g/mol. The number of ether oxygens (including phenoxy) is 2. The Kier molecular flexibility index (Phi) is 5.66. The number of hydrogen-bond acceptors (Lipinski definition) is 5. The van der Waals surface area contributed by atoms with Crippen LogP contribution in [0.2, 0.25) is 0 Å². The maximum atomic E-state index is 6.10. The zero-order valence-corrected chi connectivity index (χ0v) is 16.4. The van der Waals surface area contributed by atoms with Crippen molar-refractivity contribution in [3.05, 3.63) is 95.6 Å². The van der Waals surface area contributed by atoms with Crippen molar-refractivity contribution in [1.29, 1.82) is 0 Å². The van der Waals surface area contributed by atoms with Gasteiger partial charge in [0.05, 0.1) is 19.2 Å². The minimum absolute atomic E-state index is 0.0191. The van der Waals surface area contributed by atoms with Crippen LogP contribution < -0.4 is 20.5 Å². The maximum absolute atomic E-state index is 6.10. The monoisotopic (exact) mass is 387 g/mol. The van der Waals surface area contributed by atoms with Crippen LogP contribution in [0.15, 0.2) is 83.9 Å². The standard InChI is InChI=1S/C24H25N3O2/c1-28-23-10-6-5-9-20(23)22-15-21(26-24(25)27-22)18-11-13-19(14-12-18)29-16-17-7-3-2-4-8-17/h2-14,21-22H,15-16H2,1H3,(H3,25,26,27). The second-order valence-corrected chi connectivity index (χ2v) is 7.05. The van der Waals surface area contributed by atoms with Gasteiger partial charge in [0.1, 0.15) is 18.1 Å². The summed E-state index contributed by atoms with van der Waals surface area (Å²) >= 11 is 0. The number of guanidine groups is 1. The molecular weight excluding hydrogens is 362 g/mol. The molecule has 0 bridgehead atoms. The molecular formula is C24H25N3O2. The number of nitrogens with zero attached hydrogens (tertiary/aromatic N) is 1. The molecule has 3 aromatic rings. The Balaban J connectivity index is 1.46. The van der Waals surface area contributed by atoms with Crippen molar-refractivity contribution in [2.24, 2.45) is 10.7 Å². The number of benzene rings is 3. The highest BCUT2D eigenvalue weighted by atomic mass is 16.5. The molecule has 29 heavy (non-hydrogen) atoms. The Morgan fingerprint density at radius 2 is 1.69 bits per heavy atom. The average Bonchev–Trinajstić information content (AvgIpc) is 2.78. The van der Waals surface area contributed by atoms with Gasteiger partial charge in [0.25, 0.3) is 0 Å². The lowest BCUT2D eigenvalue weighted by Gasteiger charge is -2.29. The van der Waals surface area contributed by atoms with E-state index in [4.69, 9.17) is 15.2 Å². The topological polar surface area (TPSA) is 68.9 Å². The molecule has 1 heterocycles. The number of aliphatic imine (C=N–C) groups is 1. The lowest BCUT2D eigenvalue weighted by molar-refractivity contribution is 0.306. The summed E-state index contributed by atoms with van der Waals surface area (Å²) in [6.07, 6.45) is 0.797. The Morgan fingerprint density at radius 3 is 2.45 bits per heavy atom. The number of nitrogens with one attached hydrogen (secondary N) is 1. The molecule has 1 aliphatic rings. The molecule has 3 N–H and O–H groups in total. The van der Waals surface area contributed by atoms with Gasteiger partial charge in [-0.15, -0.1) is 0 Å². The predicted molar refractivity (Wildman–Crippen MR) is 115 cm³/mol. The highest BCUT2D eigenvalue weighted by Gasteiger charge is 2.26. The van der Waals surface area contributed by atoms with E-state index in [1.807, 2.05) is 48.5 Å². The normalized spacial score (nSPS) is 18.4. The molecule has 1 aliphatic heterocycles. The molecule has 5 heteroatoms. The van der Waals surface area contributed by atoms with E-state index < -0.39 is 0 Å². The van der Waals surface area contributed by atoms with Gasteiger partial charge in [0, 0.05) is 5.56 Å². The SMILES string of the molecule is COc1ccccc1C1CC(c2ccc(OCc3ccccc3)cc2)N=C(N)N1. The maximum Gasteiger partial charge on any atom is 0.189 e. The summed E-state index contributed by atoms with van der Waals surface area (Å²) in [5.41, 5.74) is 9.44. The van der Waals surface area contributed by atoms with Gasteiger partial charge in [-0.1, -0.05) is 60.7 Å². The minimum Gasteiger partial charge on any atom is -0.496 e. The van der Waals surface area contributed by atoms with Crippen LogP contribution in [0.5, 0.6) is 11.5 Å². The van der Waals surface area contributed by atoms with Crippen LogP contribution in [0, 0.1) is 0 Å². The zero-order valence-electron chi connectivity index (χ0n) is 16.4. The molecule has 0 aliphatic carbocycles. The summed E-state index contributed by atoms with van der Waals surface area (Å²) in [7, 11) is 1.69. The van der Waals surface area contributed by atoms with Crippen LogP contribution in [-0.2, 0) is 6.61 Å². The molecule has 4 rings (SSSR count). The number of rotatable bonds is 6. The lowest BCUT2D eigenvalue weighted by atomic mass is 9.93. The summed E-state index contributed by atoms with van der Waals surface area (Å²) in [6, 6.07) is 26.3. The fourth-order valence-corrected chi connectivity index (χ4v) is 3.62. The van der Waals surface area contributed by atoms with E-state index in [0.717, 1.165) is 34.6 Å². The fraction of sp³-hybridized carbons (Fsp3) is 0.208. The molecule has 0 spiro atoms. The van der Waals surface area contributed by atoms with Crippen molar-refractivity contribution < 1.29 is 9.47 Å². The van der Waals surface area contributed by atoms with E-state index in [1.54, 1.807) is 7.11 Å². The van der Waals surface area contributed by atoms with Gasteiger partial charge in [-0.05, 0) is 35.7 Å². The van der Waals surface area contributed by atoms with E-state index in [0.29, 0.717) is 12.6 Å². The Morgan fingerprint density at radius 1 is 0.966 bits per heavy atom. The first-order valence-electron chi connectivity index (χ1n) is 9.72. The van der Waals surface area contributed by atoms with Crippen LogP contribution >= 0.6 is 0 Å². The first-order chi connectivity index (χ1) is 14.2. The van der Waals surface area contributed by atoms with Gasteiger partial charge in [-0.25, -0.2) is 4.99 Å². The summed E-state index contributed by atoms with van der Waals surface area (Å²) in [4.78, 5) is 4.61. The second-order valence-electron chi connectivity index (χ2n) is 7.05. The molecule has 2 unspecified atom stereocenters. The van der Waals surface area contributed by atoms with Crippen LogP contribution in [0.3, 0.4) is 0 Å². The van der Waals surface area contributed by atoms with E-state index in [-0.39, 0.29) is 12.1 Å². The number of para-hydroxylation sites is 1. The minimum atomic E-state index is -0.0191. The van der Waals surface area contributed by atoms with Crippen LogP contribution in [-0.4, -0.2) is 13.1 Å². The molecule has 0 fully saturated rings. The third-order valence-corrected chi connectivity index (χ3v) is 5.10. The number of hydrogen-bond donors (Lipinski definition) is 2. The molecule has 0 amide bonds. The van der Waals surface area contributed by atoms with E-state index >= 15 is 0 Å². The van der Waals surface area contributed by atoms with Crippen molar-refractivity contribution in [3.63, 3.8) is 0 Å². The first kappa shape index (κ1) is 18.9.